The van der Waals surface area contributed by atoms with Crippen molar-refractivity contribution in [3.05, 3.63) is 41.5 Å². The summed E-state index contributed by atoms with van der Waals surface area (Å²) in [5.74, 6) is -1.33. The Hall–Kier alpha value is -2.68. The van der Waals surface area contributed by atoms with Crippen molar-refractivity contribution in [2.75, 3.05) is 44.6 Å². The first-order valence-electron chi connectivity index (χ1n) is 11.6. The van der Waals surface area contributed by atoms with E-state index in [-0.39, 0.29) is 55.5 Å². The van der Waals surface area contributed by atoms with Crippen LogP contribution in [0.4, 0.5) is 23.4 Å². The van der Waals surface area contributed by atoms with Crippen LogP contribution in [0.5, 0.6) is 0 Å². The van der Waals surface area contributed by atoms with Crippen LogP contribution < -0.4 is 4.90 Å². The minimum absolute atomic E-state index is 0.0433. The van der Waals surface area contributed by atoms with E-state index in [0.29, 0.717) is 21.3 Å². The van der Waals surface area contributed by atoms with E-state index in [2.05, 4.69) is 10.1 Å². The molecular weight excluding hydrogens is 548 g/mol. The summed E-state index contributed by atoms with van der Waals surface area (Å²) < 4.78 is 67.8. The molecule has 1 aliphatic rings. The van der Waals surface area contributed by atoms with Gasteiger partial charge in [0.15, 0.2) is 17.1 Å². The maximum absolute atomic E-state index is 14.0. The highest BCUT2D eigenvalue weighted by Gasteiger charge is 2.57. The van der Waals surface area contributed by atoms with E-state index in [9.17, 15) is 27.5 Å². The first-order chi connectivity index (χ1) is 18.0. The number of halogens is 4. The van der Waals surface area contributed by atoms with Crippen molar-refractivity contribution >= 4 is 34.9 Å². The monoisotopic (exact) mass is 574 g/mol. The Balaban J connectivity index is 1.67. The molecule has 206 valence electrons. The minimum Gasteiger partial charge on any atom is -0.476 e. The number of nitrogens with zero attached hydrogens (tertiary/aromatic N) is 4. The molecule has 0 spiro atoms. The molecule has 1 saturated heterocycles. The summed E-state index contributed by atoms with van der Waals surface area (Å²) in [5.41, 5.74) is -1.45. The molecule has 0 amide bonds. The van der Waals surface area contributed by atoms with Gasteiger partial charge >= 0.3 is 12.1 Å². The minimum atomic E-state index is -4.54. The average Bonchev–Trinajstić information content (AvgIpc) is 3.45. The number of carboxylic acids is 1. The number of carbonyl (C=O) groups is 1. The Bertz CT molecular complexity index is 1300. The van der Waals surface area contributed by atoms with E-state index in [4.69, 9.17) is 9.47 Å². The summed E-state index contributed by atoms with van der Waals surface area (Å²) >= 11 is 2.54. The van der Waals surface area contributed by atoms with Crippen molar-refractivity contribution in [3.63, 3.8) is 0 Å². The number of hydrogen-bond donors (Lipinski definition) is 1. The topological polar surface area (TPSA) is 89.7 Å². The van der Waals surface area contributed by atoms with E-state index < -0.39 is 23.6 Å². The zero-order chi connectivity index (χ0) is 27.7. The molecule has 1 aliphatic heterocycles. The van der Waals surface area contributed by atoms with Gasteiger partial charge in [-0.25, -0.2) is 9.18 Å². The third kappa shape index (κ3) is 5.40. The Morgan fingerprint density at radius 3 is 2.55 bits per heavy atom. The molecule has 14 heteroatoms. The van der Waals surface area contributed by atoms with Crippen LogP contribution in [0.2, 0.25) is 0 Å². The predicted octanol–water partition coefficient (Wildman–Crippen LogP) is 5.43. The van der Waals surface area contributed by atoms with Gasteiger partial charge < -0.3 is 19.5 Å². The van der Waals surface area contributed by atoms with Crippen molar-refractivity contribution in [1.82, 2.24) is 14.8 Å². The molecule has 3 heterocycles. The van der Waals surface area contributed by atoms with Gasteiger partial charge in [-0.2, -0.15) is 27.9 Å². The Morgan fingerprint density at radius 1 is 1.26 bits per heavy atom. The summed E-state index contributed by atoms with van der Waals surface area (Å²) in [6.45, 7) is 1.60. The van der Waals surface area contributed by atoms with Gasteiger partial charge in [-0.15, -0.1) is 11.8 Å². The van der Waals surface area contributed by atoms with Gasteiger partial charge in [0.05, 0.1) is 18.9 Å². The number of thioether (sulfide) groups is 1. The number of alkyl halides is 3. The average molecular weight is 575 g/mol. The number of thiazole rings is 1. The van der Waals surface area contributed by atoms with Crippen molar-refractivity contribution in [2.24, 2.45) is 0 Å². The number of rotatable bonds is 9. The molecule has 38 heavy (non-hydrogen) atoms. The van der Waals surface area contributed by atoms with Crippen molar-refractivity contribution in [1.29, 1.82) is 0 Å². The van der Waals surface area contributed by atoms with Crippen LogP contribution in [0.3, 0.4) is 0 Å². The van der Waals surface area contributed by atoms with Crippen molar-refractivity contribution in [3.8, 4) is 16.3 Å². The fourth-order valence-electron chi connectivity index (χ4n) is 4.47. The summed E-state index contributed by atoms with van der Waals surface area (Å²) in [4.78, 5) is 18.7. The second-order valence-electron chi connectivity index (χ2n) is 8.67. The third-order valence-corrected chi connectivity index (χ3v) is 8.48. The molecule has 8 nitrogen and oxygen atoms in total. The van der Waals surface area contributed by atoms with E-state index >= 15 is 0 Å². The molecule has 1 aromatic carbocycles. The lowest BCUT2D eigenvalue weighted by Gasteiger charge is -2.42. The van der Waals surface area contributed by atoms with Crippen LogP contribution in [0.1, 0.15) is 29.0 Å². The van der Waals surface area contributed by atoms with Crippen molar-refractivity contribution in [2.45, 2.75) is 35.8 Å². The highest BCUT2D eigenvalue weighted by molar-refractivity contribution is 8.00. The second-order valence-corrected chi connectivity index (χ2v) is 10.7. The third-order valence-electron chi connectivity index (χ3n) is 6.36. The number of methoxy groups -OCH3 is 1. The predicted molar refractivity (Wildman–Crippen MR) is 136 cm³/mol. The van der Waals surface area contributed by atoms with Gasteiger partial charge in [0.2, 0.25) is 5.13 Å². The van der Waals surface area contributed by atoms with Gasteiger partial charge in [0.1, 0.15) is 10.0 Å². The molecule has 0 saturated carbocycles. The largest absolute Gasteiger partial charge is 0.476 e. The fraction of sp³-hybridized carbons (Fsp3) is 0.458. The quantitative estimate of drug-likeness (QED) is 0.206. The number of aromatic carboxylic acids is 1. The highest BCUT2D eigenvalue weighted by Crippen LogP contribution is 2.44. The standard InChI is InChI=1S/C24H26F4N4O4S2/c1-14-17(15-5-4-6-16(25)13-15)18(20(33)34)32(30-14)22-29-19(21(37-3)38-22)31-9-7-23(8-10-31,24(26,27)28)36-12-11-35-2/h4-6,13H,7-12H2,1-3H3,(H,33,34). The zero-order valence-corrected chi connectivity index (χ0v) is 22.5. The number of ether oxygens (including phenoxy) is 2. The van der Waals surface area contributed by atoms with Crippen LogP contribution >= 0.6 is 23.1 Å². The molecule has 0 radical (unpaired) electrons. The van der Waals surface area contributed by atoms with Crippen LogP contribution in [-0.2, 0) is 9.47 Å². The lowest BCUT2D eigenvalue weighted by molar-refractivity contribution is -0.286. The molecule has 3 aromatic rings. The van der Waals surface area contributed by atoms with Gasteiger partial charge in [-0.1, -0.05) is 23.5 Å². The number of aryl methyl sites for hydroxylation is 1. The van der Waals surface area contributed by atoms with Gasteiger partial charge in [-0.05, 0) is 30.9 Å². The normalized spacial score (nSPS) is 15.7. The van der Waals surface area contributed by atoms with Gasteiger partial charge in [0.25, 0.3) is 0 Å². The second kappa shape index (κ2) is 11.2. The summed E-state index contributed by atoms with van der Waals surface area (Å²) in [6.07, 6.45) is -3.31. The molecule has 0 atom stereocenters. The number of anilines is 1. The summed E-state index contributed by atoms with van der Waals surface area (Å²) in [5, 5.41) is 14.7. The molecule has 2 aromatic heterocycles. The Labute approximate surface area is 224 Å². The lowest BCUT2D eigenvalue weighted by Crippen LogP contribution is -2.55. The maximum atomic E-state index is 14.0. The smallest absolute Gasteiger partial charge is 0.417 e. The van der Waals surface area contributed by atoms with E-state index in [1.165, 1.54) is 53.1 Å². The Kier molecular flexibility index (Phi) is 8.35. The number of carboxylic acid groups (broad SMARTS) is 1. The first kappa shape index (κ1) is 28.3. The molecule has 0 unspecified atom stereocenters. The number of aromatic nitrogens is 3. The molecular formula is C24H26F4N4O4S2. The molecule has 1 fully saturated rings. The van der Waals surface area contributed by atoms with Crippen LogP contribution in [0, 0.1) is 12.7 Å². The number of hydrogen-bond acceptors (Lipinski definition) is 8. The molecule has 4 rings (SSSR count). The Morgan fingerprint density at radius 2 is 1.97 bits per heavy atom. The summed E-state index contributed by atoms with van der Waals surface area (Å²) in [7, 11) is 1.40. The SMILES string of the molecule is COCCOC1(C(F)(F)F)CCN(c2nc(-n3nc(C)c(-c4cccc(F)c4)c3C(=O)O)sc2SC)CC1. The van der Waals surface area contributed by atoms with Gasteiger partial charge in [0, 0.05) is 38.6 Å². The molecule has 0 bridgehead atoms. The summed E-state index contributed by atoms with van der Waals surface area (Å²) in [6, 6.07) is 5.57. The van der Waals surface area contributed by atoms with Crippen LogP contribution in [-0.4, -0.2) is 77.3 Å². The van der Waals surface area contributed by atoms with Gasteiger partial charge in [-0.3, -0.25) is 0 Å². The highest BCUT2D eigenvalue weighted by atomic mass is 32.2. The van der Waals surface area contributed by atoms with Crippen molar-refractivity contribution < 1.29 is 36.9 Å². The fourth-order valence-corrected chi connectivity index (χ4v) is 6.17. The molecule has 0 aliphatic carbocycles. The number of piperidine rings is 1. The zero-order valence-electron chi connectivity index (χ0n) is 20.8. The van der Waals surface area contributed by atoms with Crippen LogP contribution in [0.15, 0.2) is 28.5 Å². The van der Waals surface area contributed by atoms with Crippen LogP contribution in [0.25, 0.3) is 16.3 Å². The molecule has 1 N–H and O–H groups in total. The maximum Gasteiger partial charge on any atom is 0.417 e. The van der Waals surface area contributed by atoms with E-state index in [0.717, 1.165) is 0 Å². The number of benzene rings is 1. The van der Waals surface area contributed by atoms with E-state index in [1.807, 2.05) is 6.26 Å². The lowest BCUT2D eigenvalue weighted by atomic mass is 9.90. The first-order valence-corrected chi connectivity index (χ1v) is 13.6. The van der Waals surface area contributed by atoms with E-state index in [1.54, 1.807) is 17.9 Å².